The van der Waals surface area contributed by atoms with Crippen molar-refractivity contribution in [3.05, 3.63) is 44.5 Å². The molecule has 9 heteroatoms. The third-order valence-corrected chi connectivity index (χ3v) is 4.91. The first-order valence-corrected chi connectivity index (χ1v) is 9.09. The van der Waals surface area contributed by atoms with Crippen LogP contribution in [0.3, 0.4) is 0 Å². The van der Waals surface area contributed by atoms with Crippen molar-refractivity contribution in [2.24, 2.45) is 0 Å². The van der Waals surface area contributed by atoms with Crippen LogP contribution in [0.25, 0.3) is 0 Å². The van der Waals surface area contributed by atoms with Crippen LogP contribution in [-0.2, 0) is 13.8 Å². The van der Waals surface area contributed by atoms with Gasteiger partial charge >= 0.3 is 5.69 Å². The lowest BCUT2D eigenvalue weighted by atomic mass is 10.2. The number of aliphatic hydroxyl groups is 1. The predicted octanol–water partition coefficient (Wildman–Crippen LogP) is 1.39. The summed E-state index contributed by atoms with van der Waals surface area (Å²) in [7, 11) is -1.13. The molecular weight excluding hydrogens is 335 g/mol. The molecule has 0 bridgehead atoms. The lowest BCUT2D eigenvalue weighted by Crippen LogP contribution is -2.36. The van der Waals surface area contributed by atoms with Gasteiger partial charge in [0, 0.05) is 18.2 Å². The van der Waals surface area contributed by atoms with Crippen LogP contribution in [0.2, 0.25) is 0 Å². The van der Waals surface area contributed by atoms with E-state index < -0.39 is 32.0 Å². The molecule has 3 unspecified atom stereocenters. The van der Waals surface area contributed by atoms with E-state index in [-0.39, 0.29) is 6.10 Å². The van der Waals surface area contributed by atoms with Gasteiger partial charge in [0.2, 0.25) is 0 Å². The van der Waals surface area contributed by atoms with E-state index in [9.17, 15) is 14.7 Å². The average molecular weight is 358 g/mol. The molecule has 0 aliphatic carbocycles. The first-order valence-electron chi connectivity index (χ1n) is 7.85. The number of hydrogen-bond acceptors (Lipinski definition) is 6. The molecule has 1 aliphatic rings. The lowest BCUT2D eigenvalue weighted by molar-refractivity contribution is -0.0281. The van der Waals surface area contributed by atoms with Crippen molar-refractivity contribution in [2.75, 3.05) is 13.2 Å². The molecule has 0 radical (unpaired) electrons. The fourth-order valence-corrected chi connectivity index (χ4v) is 3.46. The second kappa shape index (κ2) is 8.69. The molecule has 2 heterocycles. The van der Waals surface area contributed by atoms with Gasteiger partial charge in [-0.15, -0.1) is 0 Å². The molecule has 1 aromatic rings. The zero-order chi connectivity index (χ0) is 17.7. The quantitative estimate of drug-likeness (QED) is 0.714. The smallest absolute Gasteiger partial charge is 0.330 e. The molecule has 0 amide bonds. The summed E-state index contributed by atoms with van der Waals surface area (Å²) in [4.78, 5) is 25.6. The van der Waals surface area contributed by atoms with E-state index in [1.165, 1.54) is 10.8 Å². The van der Waals surface area contributed by atoms with Crippen molar-refractivity contribution in [3.8, 4) is 0 Å². The minimum atomic E-state index is -1.13. The summed E-state index contributed by atoms with van der Waals surface area (Å²) in [6.45, 7) is 6.44. The number of ether oxygens (including phenoxy) is 1. The summed E-state index contributed by atoms with van der Waals surface area (Å²) in [6.07, 6.45) is 1.46. The normalized spacial score (nSPS) is 24.3. The monoisotopic (exact) mass is 358 g/mol. The maximum Gasteiger partial charge on any atom is 0.330 e. The van der Waals surface area contributed by atoms with Crippen LogP contribution in [0, 0.1) is 6.92 Å². The number of nitrogens with zero attached hydrogens (tertiary/aromatic N) is 1. The Labute approximate surface area is 141 Å². The second-order valence-electron chi connectivity index (χ2n) is 5.31. The van der Waals surface area contributed by atoms with E-state index in [0.29, 0.717) is 25.2 Å². The van der Waals surface area contributed by atoms with Crippen LogP contribution in [-0.4, -0.2) is 40.1 Å². The van der Waals surface area contributed by atoms with Crippen molar-refractivity contribution in [2.45, 2.75) is 45.6 Å². The Kier molecular flexibility index (Phi) is 6.89. The Balaban J connectivity index is 2.11. The Morgan fingerprint density at radius 1 is 1.42 bits per heavy atom. The third kappa shape index (κ3) is 4.62. The summed E-state index contributed by atoms with van der Waals surface area (Å²) in [5.41, 5.74) is -0.676. The number of aromatic nitrogens is 2. The highest BCUT2D eigenvalue weighted by Crippen LogP contribution is 2.40. The van der Waals surface area contributed by atoms with E-state index in [2.05, 4.69) is 4.98 Å². The minimum Gasteiger partial charge on any atom is -0.388 e. The number of hydrogen-bond donors (Lipinski definition) is 2. The molecule has 0 saturated carbocycles. The van der Waals surface area contributed by atoms with Gasteiger partial charge in [-0.3, -0.25) is 14.3 Å². The minimum absolute atomic E-state index is 0.340. The van der Waals surface area contributed by atoms with Crippen molar-refractivity contribution in [1.82, 2.24) is 9.55 Å². The second-order valence-corrected chi connectivity index (χ2v) is 6.69. The van der Waals surface area contributed by atoms with Crippen LogP contribution >= 0.6 is 8.38 Å². The first kappa shape index (κ1) is 19.0. The Morgan fingerprint density at radius 2 is 2.08 bits per heavy atom. The largest absolute Gasteiger partial charge is 0.388 e. The topological polar surface area (TPSA) is 103 Å². The van der Waals surface area contributed by atoms with Gasteiger partial charge in [-0.2, -0.15) is 0 Å². The van der Waals surface area contributed by atoms with Gasteiger partial charge in [0.15, 0.2) is 14.6 Å². The van der Waals surface area contributed by atoms with Crippen LogP contribution < -0.4 is 11.2 Å². The highest BCUT2D eigenvalue weighted by atomic mass is 31.2. The van der Waals surface area contributed by atoms with E-state index in [0.717, 1.165) is 0 Å². The Bertz CT molecular complexity index is 679. The van der Waals surface area contributed by atoms with E-state index in [1.807, 2.05) is 13.8 Å². The van der Waals surface area contributed by atoms with E-state index in [4.69, 9.17) is 13.8 Å². The Morgan fingerprint density at radius 3 is 2.71 bits per heavy atom. The summed E-state index contributed by atoms with van der Waals surface area (Å²) in [5, 5.41) is 10.2. The van der Waals surface area contributed by atoms with E-state index >= 15 is 0 Å². The molecule has 0 aromatic carbocycles. The van der Waals surface area contributed by atoms with Gasteiger partial charge in [0.1, 0.15) is 6.10 Å². The SMILES string of the molecule is CCOP(/C=C/C1CC(O)C(n2cc(C)c(=O)[nH]c2=O)O1)OCC. The van der Waals surface area contributed by atoms with Crippen molar-refractivity contribution in [1.29, 1.82) is 0 Å². The Hall–Kier alpha value is -1.31. The average Bonchev–Trinajstić information content (AvgIpc) is 2.90. The standard InChI is InChI=1S/C15H23N2O6P/c1-4-21-24(22-5-2)7-6-11-8-12(18)14(23-11)17-9-10(3)13(19)16-15(17)20/h6-7,9,11-12,14,18H,4-5,8H2,1-3H3,(H,16,19,20)/b7-6+. The summed E-state index contributed by atoms with van der Waals surface area (Å²) < 4.78 is 17.9. The van der Waals surface area contributed by atoms with Crippen molar-refractivity contribution < 1.29 is 18.9 Å². The number of aryl methyl sites for hydroxylation is 1. The number of aromatic amines is 1. The number of aliphatic hydroxyl groups excluding tert-OH is 1. The molecular formula is C15H23N2O6P. The lowest BCUT2D eigenvalue weighted by Gasteiger charge is -2.17. The number of rotatable bonds is 7. The van der Waals surface area contributed by atoms with Crippen LogP contribution in [0.15, 0.2) is 27.7 Å². The first-order chi connectivity index (χ1) is 11.5. The molecule has 1 aliphatic heterocycles. The fraction of sp³-hybridized carbons (Fsp3) is 0.600. The predicted molar refractivity (Wildman–Crippen MR) is 89.9 cm³/mol. The zero-order valence-electron chi connectivity index (χ0n) is 14.0. The van der Waals surface area contributed by atoms with Gasteiger partial charge in [-0.25, -0.2) is 4.79 Å². The molecule has 2 rings (SSSR count). The van der Waals surface area contributed by atoms with Gasteiger partial charge in [0.25, 0.3) is 5.56 Å². The number of H-pyrrole nitrogens is 1. The highest BCUT2D eigenvalue weighted by molar-refractivity contribution is 7.50. The van der Waals surface area contributed by atoms with Crippen molar-refractivity contribution in [3.63, 3.8) is 0 Å². The van der Waals surface area contributed by atoms with Gasteiger partial charge < -0.3 is 18.9 Å². The maximum absolute atomic E-state index is 11.9. The molecule has 134 valence electrons. The molecule has 2 N–H and O–H groups in total. The number of nitrogens with one attached hydrogen (secondary N) is 1. The summed E-state index contributed by atoms with van der Waals surface area (Å²) in [6, 6.07) is 0. The fourth-order valence-electron chi connectivity index (χ4n) is 2.37. The van der Waals surface area contributed by atoms with Gasteiger partial charge in [-0.05, 0) is 26.6 Å². The van der Waals surface area contributed by atoms with Crippen molar-refractivity contribution >= 4 is 8.38 Å². The van der Waals surface area contributed by atoms with Crippen LogP contribution in [0.4, 0.5) is 0 Å². The molecule has 8 nitrogen and oxygen atoms in total. The molecule has 3 atom stereocenters. The molecule has 0 spiro atoms. The zero-order valence-corrected chi connectivity index (χ0v) is 14.9. The molecule has 1 fully saturated rings. The van der Waals surface area contributed by atoms with Crippen LogP contribution in [0.5, 0.6) is 0 Å². The van der Waals surface area contributed by atoms with Crippen LogP contribution in [0.1, 0.15) is 32.1 Å². The maximum atomic E-state index is 11.9. The van der Waals surface area contributed by atoms with E-state index in [1.54, 1.807) is 18.8 Å². The van der Waals surface area contributed by atoms with Gasteiger partial charge in [-0.1, -0.05) is 6.08 Å². The van der Waals surface area contributed by atoms with Gasteiger partial charge in [0.05, 0.1) is 19.3 Å². The molecule has 24 heavy (non-hydrogen) atoms. The third-order valence-electron chi connectivity index (χ3n) is 3.47. The summed E-state index contributed by atoms with van der Waals surface area (Å²) >= 11 is 0. The highest BCUT2D eigenvalue weighted by Gasteiger charge is 2.34. The molecule has 1 aromatic heterocycles. The molecule has 1 saturated heterocycles. The summed E-state index contributed by atoms with van der Waals surface area (Å²) in [5.74, 6) is 1.79.